The van der Waals surface area contributed by atoms with Crippen molar-refractivity contribution in [1.82, 2.24) is 4.31 Å². The number of sulfonamides is 1. The molecule has 3 rings (SSSR count). The van der Waals surface area contributed by atoms with Crippen molar-refractivity contribution in [3.63, 3.8) is 0 Å². The van der Waals surface area contributed by atoms with Gasteiger partial charge in [0.05, 0.1) is 28.8 Å². The molecule has 1 aliphatic heterocycles. The summed E-state index contributed by atoms with van der Waals surface area (Å²) >= 11 is 0. The number of nitrogens with zero attached hydrogens (tertiary/aromatic N) is 2. The van der Waals surface area contributed by atoms with E-state index in [0.717, 1.165) is 4.31 Å². The summed E-state index contributed by atoms with van der Waals surface area (Å²) in [6.07, 6.45) is 0. The predicted octanol–water partition coefficient (Wildman–Crippen LogP) is 1.46. The van der Waals surface area contributed by atoms with Gasteiger partial charge in [-0.1, -0.05) is 6.07 Å². The molecule has 2 N–H and O–H groups in total. The van der Waals surface area contributed by atoms with Gasteiger partial charge in [-0.2, -0.15) is 9.57 Å². The molecule has 2 amide bonds. The second kappa shape index (κ2) is 7.90. The van der Waals surface area contributed by atoms with Crippen LogP contribution in [0.1, 0.15) is 11.1 Å². The van der Waals surface area contributed by atoms with Crippen molar-refractivity contribution in [3.05, 3.63) is 47.5 Å². The van der Waals surface area contributed by atoms with Crippen LogP contribution in [0.4, 0.5) is 11.4 Å². The van der Waals surface area contributed by atoms with E-state index in [-0.39, 0.29) is 23.2 Å². The standard InChI is InChI=1S/C19H18N4O5S/c1-12-6-15-16(28-11-19(25)22-15)8-17(12)29(26,27)23(2)10-18(24)21-14-5-3-4-13(7-14)9-20/h3-8H,10-11H2,1-2H3,(H,21,24)(H,22,25). The number of aryl methyl sites for hydroxylation is 1. The van der Waals surface area contributed by atoms with Crippen LogP contribution in [0.5, 0.6) is 5.75 Å². The third kappa shape index (κ3) is 4.37. The summed E-state index contributed by atoms with van der Waals surface area (Å²) in [5, 5.41) is 14.1. The van der Waals surface area contributed by atoms with Crippen LogP contribution in [0.3, 0.4) is 0 Å². The Morgan fingerprint density at radius 2 is 2.10 bits per heavy atom. The number of likely N-dealkylation sites (N-methyl/N-ethyl adjacent to an activating group) is 1. The van der Waals surface area contributed by atoms with Crippen LogP contribution in [0.15, 0.2) is 41.3 Å². The van der Waals surface area contributed by atoms with Gasteiger partial charge < -0.3 is 15.4 Å². The van der Waals surface area contributed by atoms with E-state index in [2.05, 4.69) is 10.6 Å². The molecule has 2 aromatic rings. The average Bonchev–Trinajstić information content (AvgIpc) is 2.67. The van der Waals surface area contributed by atoms with Crippen molar-refractivity contribution in [3.8, 4) is 11.8 Å². The van der Waals surface area contributed by atoms with Gasteiger partial charge in [0.25, 0.3) is 5.91 Å². The summed E-state index contributed by atoms with van der Waals surface area (Å²) in [5.41, 5.74) is 1.58. The number of amides is 2. The highest BCUT2D eigenvalue weighted by Gasteiger charge is 2.28. The highest BCUT2D eigenvalue weighted by atomic mass is 32.2. The van der Waals surface area contributed by atoms with Crippen LogP contribution in [0.2, 0.25) is 0 Å². The van der Waals surface area contributed by atoms with Crippen molar-refractivity contribution in [2.24, 2.45) is 0 Å². The first-order valence-corrected chi connectivity index (χ1v) is 9.98. The van der Waals surface area contributed by atoms with E-state index < -0.39 is 22.5 Å². The van der Waals surface area contributed by atoms with Gasteiger partial charge in [0.1, 0.15) is 5.75 Å². The second-order valence-corrected chi connectivity index (χ2v) is 8.47. The lowest BCUT2D eigenvalue weighted by Crippen LogP contribution is -2.35. The Morgan fingerprint density at radius 3 is 2.83 bits per heavy atom. The van der Waals surface area contributed by atoms with Crippen molar-refractivity contribution in [2.45, 2.75) is 11.8 Å². The number of benzene rings is 2. The molecule has 0 fully saturated rings. The molecule has 150 valence electrons. The Kier molecular flexibility index (Phi) is 5.54. The van der Waals surface area contributed by atoms with E-state index in [4.69, 9.17) is 10.00 Å². The average molecular weight is 414 g/mol. The van der Waals surface area contributed by atoms with Crippen LogP contribution in [-0.4, -0.2) is 44.7 Å². The van der Waals surface area contributed by atoms with Crippen LogP contribution >= 0.6 is 0 Å². The first-order chi connectivity index (χ1) is 13.7. The molecule has 9 nitrogen and oxygen atoms in total. The molecule has 0 spiro atoms. The minimum absolute atomic E-state index is 0.0193. The van der Waals surface area contributed by atoms with Gasteiger partial charge in [-0.05, 0) is 36.8 Å². The minimum atomic E-state index is -3.99. The van der Waals surface area contributed by atoms with Crippen molar-refractivity contribution in [1.29, 1.82) is 5.26 Å². The Bertz CT molecular complexity index is 1140. The lowest BCUT2D eigenvalue weighted by molar-refractivity contribution is -0.118. The Labute approximate surface area is 167 Å². The van der Waals surface area contributed by atoms with Gasteiger partial charge in [0.15, 0.2) is 6.61 Å². The Morgan fingerprint density at radius 1 is 1.34 bits per heavy atom. The summed E-state index contributed by atoms with van der Waals surface area (Å²) in [4.78, 5) is 23.7. The molecule has 0 atom stereocenters. The van der Waals surface area contributed by atoms with Gasteiger partial charge in [0.2, 0.25) is 15.9 Å². The maximum Gasteiger partial charge on any atom is 0.262 e. The topological polar surface area (TPSA) is 129 Å². The molecule has 0 saturated heterocycles. The lowest BCUT2D eigenvalue weighted by atomic mass is 10.2. The summed E-state index contributed by atoms with van der Waals surface area (Å²) in [6.45, 7) is 0.970. The number of carbonyl (C=O) groups excluding carboxylic acids is 2. The maximum atomic E-state index is 13.0. The molecule has 0 saturated carbocycles. The molecule has 29 heavy (non-hydrogen) atoms. The van der Waals surface area contributed by atoms with Gasteiger partial charge in [0, 0.05) is 18.8 Å². The van der Waals surface area contributed by atoms with Gasteiger partial charge >= 0.3 is 0 Å². The quantitative estimate of drug-likeness (QED) is 0.762. The van der Waals surface area contributed by atoms with Gasteiger partial charge in [-0.25, -0.2) is 8.42 Å². The molecule has 1 aliphatic rings. The zero-order valence-corrected chi connectivity index (χ0v) is 16.5. The summed E-state index contributed by atoms with van der Waals surface area (Å²) in [7, 11) is -2.70. The Balaban J connectivity index is 1.78. The molecule has 0 radical (unpaired) electrons. The van der Waals surface area contributed by atoms with Crippen LogP contribution in [-0.2, 0) is 19.6 Å². The molecule has 0 bridgehead atoms. The summed E-state index contributed by atoms with van der Waals surface area (Å²) < 4.78 is 32.1. The first kappa shape index (κ1) is 20.3. The van der Waals surface area contributed by atoms with Crippen LogP contribution in [0, 0.1) is 18.3 Å². The molecule has 0 aliphatic carbocycles. The maximum absolute atomic E-state index is 13.0. The molecular weight excluding hydrogens is 396 g/mol. The number of anilines is 2. The van der Waals surface area contributed by atoms with Crippen LogP contribution < -0.4 is 15.4 Å². The number of ether oxygens (including phenoxy) is 1. The summed E-state index contributed by atoms with van der Waals surface area (Å²) in [5.74, 6) is -0.619. The fraction of sp³-hybridized carbons (Fsp3) is 0.211. The normalized spacial score (nSPS) is 13.1. The highest BCUT2D eigenvalue weighted by Crippen LogP contribution is 2.33. The molecule has 1 heterocycles. The number of hydrogen-bond acceptors (Lipinski definition) is 6. The van der Waals surface area contributed by atoms with E-state index in [1.165, 1.54) is 25.2 Å². The van der Waals surface area contributed by atoms with Crippen LogP contribution in [0.25, 0.3) is 0 Å². The van der Waals surface area contributed by atoms with Gasteiger partial charge in [-0.15, -0.1) is 0 Å². The summed E-state index contributed by atoms with van der Waals surface area (Å²) in [6, 6.07) is 11.1. The third-order valence-electron chi connectivity index (χ3n) is 4.24. The van der Waals surface area contributed by atoms with Crippen molar-refractivity contribution >= 4 is 33.2 Å². The second-order valence-electron chi connectivity index (χ2n) is 6.45. The number of nitriles is 1. The highest BCUT2D eigenvalue weighted by molar-refractivity contribution is 7.89. The lowest BCUT2D eigenvalue weighted by Gasteiger charge is -2.22. The largest absolute Gasteiger partial charge is 0.482 e. The first-order valence-electron chi connectivity index (χ1n) is 8.54. The van der Waals surface area contributed by atoms with E-state index >= 15 is 0 Å². The van der Waals surface area contributed by atoms with E-state index in [0.29, 0.717) is 22.5 Å². The molecular formula is C19H18N4O5S. The number of hydrogen-bond donors (Lipinski definition) is 2. The molecule has 0 unspecified atom stereocenters. The number of nitrogens with one attached hydrogen (secondary N) is 2. The molecule has 0 aromatic heterocycles. The number of rotatable bonds is 5. The van der Waals surface area contributed by atoms with E-state index in [1.54, 1.807) is 25.1 Å². The SMILES string of the molecule is Cc1cc2c(cc1S(=O)(=O)N(C)CC(=O)Nc1cccc(C#N)c1)OCC(=O)N2. The smallest absolute Gasteiger partial charge is 0.262 e. The van der Waals surface area contributed by atoms with Crippen molar-refractivity contribution < 1.29 is 22.7 Å². The van der Waals surface area contributed by atoms with E-state index in [9.17, 15) is 18.0 Å². The zero-order chi connectivity index (χ0) is 21.2. The minimum Gasteiger partial charge on any atom is -0.482 e. The molecule has 2 aromatic carbocycles. The monoisotopic (exact) mass is 414 g/mol. The fourth-order valence-electron chi connectivity index (χ4n) is 2.82. The van der Waals surface area contributed by atoms with Crippen molar-refractivity contribution in [2.75, 3.05) is 30.8 Å². The Hall–Kier alpha value is -3.42. The van der Waals surface area contributed by atoms with E-state index in [1.807, 2.05) is 6.07 Å². The number of carbonyl (C=O) groups is 2. The fourth-order valence-corrected chi connectivity index (χ4v) is 4.16. The van der Waals surface area contributed by atoms with Gasteiger partial charge in [-0.3, -0.25) is 9.59 Å². The zero-order valence-electron chi connectivity index (χ0n) is 15.7. The molecule has 10 heteroatoms. The predicted molar refractivity (Wildman–Crippen MR) is 105 cm³/mol. The third-order valence-corrected chi connectivity index (χ3v) is 6.19. The number of fused-ring (bicyclic) bond motifs is 1.